The van der Waals surface area contributed by atoms with Gasteiger partial charge >= 0.3 is 12.1 Å². The van der Waals surface area contributed by atoms with Gasteiger partial charge in [0.15, 0.2) is 0 Å². The van der Waals surface area contributed by atoms with Gasteiger partial charge in [-0.15, -0.1) is 0 Å². The van der Waals surface area contributed by atoms with Crippen molar-refractivity contribution in [3.63, 3.8) is 0 Å². The van der Waals surface area contributed by atoms with Crippen molar-refractivity contribution in [1.82, 2.24) is 14.5 Å². The second-order valence-electron chi connectivity index (χ2n) is 8.68. The van der Waals surface area contributed by atoms with E-state index in [4.69, 9.17) is 11.6 Å². The molecule has 1 aromatic rings. The van der Waals surface area contributed by atoms with Gasteiger partial charge in [0.05, 0.1) is 5.69 Å². The summed E-state index contributed by atoms with van der Waals surface area (Å²) in [5.41, 5.74) is 0.246. The van der Waals surface area contributed by atoms with Crippen molar-refractivity contribution >= 4 is 39.4 Å². The van der Waals surface area contributed by atoms with E-state index < -0.39 is 16.1 Å². The summed E-state index contributed by atoms with van der Waals surface area (Å²) in [6.07, 6.45) is 8.18. The summed E-state index contributed by atoms with van der Waals surface area (Å²) in [5.74, 6) is 0.00295. The summed E-state index contributed by atoms with van der Waals surface area (Å²) in [7, 11) is -3.96. The van der Waals surface area contributed by atoms with Crippen LogP contribution in [0.5, 0.6) is 0 Å². The summed E-state index contributed by atoms with van der Waals surface area (Å²) >= 11 is 5.97. The Balaban J connectivity index is 1.34. The molecule has 0 radical (unpaired) electrons. The Labute approximate surface area is 188 Å². The molecule has 10 heteroatoms. The normalized spacial score (nSPS) is 22.4. The number of urea groups is 2. The lowest BCUT2D eigenvalue weighted by Gasteiger charge is -2.36. The maximum absolute atomic E-state index is 13.0. The van der Waals surface area contributed by atoms with Crippen molar-refractivity contribution in [3.05, 3.63) is 23.2 Å². The molecule has 1 aliphatic carbocycles. The second kappa shape index (κ2) is 9.24. The number of amides is 4. The van der Waals surface area contributed by atoms with E-state index in [1.165, 1.54) is 25.0 Å². The zero-order chi connectivity index (χ0) is 22.0. The van der Waals surface area contributed by atoms with Crippen molar-refractivity contribution in [2.75, 3.05) is 25.0 Å². The van der Waals surface area contributed by atoms with Crippen molar-refractivity contribution < 1.29 is 18.0 Å². The molecule has 1 aromatic carbocycles. The Bertz CT molecular complexity index is 939. The summed E-state index contributed by atoms with van der Waals surface area (Å²) in [5, 5.41) is 6.10. The highest BCUT2D eigenvalue weighted by Crippen LogP contribution is 2.33. The number of nitrogens with zero attached hydrogens (tertiary/aromatic N) is 2. The van der Waals surface area contributed by atoms with E-state index in [-0.39, 0.29) is 35.1 Å². The lowest BCUT2D eigenvalue weighted by molar-refractivity contribution is 0.159. The van der Waals surface area contributed by atoms with Crippen molar-refractivity contribution in [1.29, 1.82) is 0 Å². The number of piperidine rings is 1. The summed E-state index contributed by atoms with van der Waals surface area (Å²) in [4.78, 5) is 26.9. The molecule has 3 aliphatic rings. The number of rotatable bonds is 3. The van der Waals surface area contributed by atoms with Gasteiger partial charge in [-0.2, -0.15) is 0 Å². The Morgan fingerprint density at radius 3 is 2.45 bits per heavy atom. The summed E-state index contributed by atoms with van der Waals surface area (Å²) < 4.78 is 26.9. The van der Waals surface area contributed by atoms with Gasteiger partial charge < -0.3 is 15.5 Å². The minimum atomic E-state index is -3.96. The minimum absolute atomic E-state index is 0.00295. The number of benzene rings is 1. The number of anilines is 1. The molecule has 4 amide bonds. The van der Waals surface area contributed by atoms with E-state index in [0.717, 1.165) is 30.0 Å². The van der Waals surface area contributed by atoms with E-state index in [1.807, 2.05) is 0 Å². The number of halogens is 1. The maximum atomic E-state index is 13.0. The van der Waals surface area contributed by atoms with Gasteiger partial charge in [0.2, 0.25) is 0 Å². The molecule has 2 heterocycles. The molecule has 4 rings (SSSR count). The zero-order valence-corrected chi connectivity index (χ0v) is 19.1. The smallest absolute Gasteiger partial charge is 0.335 e. The third-order valence-corrected chi connectivity index (χ3v) is 8.51. The second-order valence-corrected chi connectivity index (χ2v) is 10.9. The molecule has 2 aliphatic heterocycles. The van der Waals surface area contributed by atoms with Gasteiger partial charge in [0.1, 0.15) is 4.90 Å². The van der Waals surface area contributed by atoms with Crippen molar-refractivity contribution in [3.8, 4) is 0 Å². The first-order chi connectivity index (χ1) is 14.8. The van der Waals surface area contributed by atoms with Crippen LogP contribution < -0.4 is 10.6 Å². The fourth-order valence-corrected chi connectivity index (χ4v) is 6.46. The quantitative estimate of drug-likeness (QED) is 0.654. The predicted molar refractivity (Wildman–Crippen MR) is 119 cm³/mol. The van der Waals surface area contributed by atoms with Crippen LogP contribution in [0.2, 0.25) is 5.02 Å². The first kappa shape index (κ1) is 22.2. The Kier molecular flexibility index (Phi) is 6.62. The lowest BCUT2D eigenvalue weighted by atomic mass is 9.97. The number of carbonyl (C=O) groups excluding carboxylic acids is 2. The van der Waals surface area contributed by atoms with Gasteiger partial charge in [-0.25, -0.2) is 22.3 Å². The monoisotopic (exact) mass is 468 g/mol. The zero-order valence-electron chi connectivity index (χ0n) is 17.5. The van der Waals surface area contributed by atoms with E-state index in [2.05, 4.69) is 10.6 Å². The SMILES string of the molecule is O=C(NC1CCCCCC1)N1CCC(CN2C(=O)Nc3ccc(Cl)cc3S2(=O)=O)CC1. The number of hydrogen-bond donors (Lipinski definition) is 2. The average Bonchev–Trinajstić information content (AvgIpc) is 3.01. The topological polar surface area (TPSA) is 98.8 Å². The molecule has 2 N–H and O–H groups in total. The number of nitrogens with one attached hydrogen (secondary N) is 2. The van der Waals surface area contributed by atoms with E-state index in [0.29, 0.717) is 31.0 Å². The van der Waals surface area contributed by atoms with Crippen LogP contribution >= 0.6 is 11.6 Å². The van der Waals surface area contributed by atoms with E-state index >= 15 is 0 Å². The molecule has 1 saturated heterocycles. The highest BCUT2D eigenvalue weighted by molar-refractivity contribution is 7.90. The van der Waals surface area contributed by atoms with Crippen LogP contribution in [0.1, 0.15) is 51.4 Å². The number of hydrogen-bond acceptors (Lipinski definition) is 4. The largest absolute Gasteiger partial charge is 0.335 e. The van der Waals surface area contributed by atoms with Crippen LogP contribution in [0, 0.1) is 5.92 Å². The van der Waals surface area contributed by atoms with Gasteiger partial charge in [-0.1, -0.05) is 37.3 Å². The molecule has 2 fully saturated rings. The first-order valence-electron chi connectivity index (χ1n) is 11.0. The fourth-order valence-electron chi connectivity index (χ4n) is 4.64. The van der Waals surface area contributed by atoms with Crippen molar-refractivity contribution in [2.45, 2.75) is 62.3 Å². The summed E-state index contributed by atoms with van der Waals surface area (Å²) in [6, 6.07) is 3.97. The van der Waals surface area contributed by atoms with Gasteiger partial charge in [0, 0.05) is 30.7 Å². The molecule has 0 unspecified atom stereocenters. The van der Waals surface area contributed by atoms with Crippen molar-refractivity contribution in [2.24, 2.45) is 5.92 Å². The van der Waals surface area contributed by atoms with Crippen LogP contribution in [0.4, 0.5) is 15.3 Å². The Morgan fingerprint density at radius 2 is 1.77 bits per heavy atom. The van der Waals surface area contributed by atoms with E-state index in [9.17, 15) is 18.0 Å². The molecular formula is C21H29ClN4O4S. The van der Waals surface area contributed by atoms with E-state index in [1.54, 1.807) is 11.0 Å². The first-order valence-corrected chi connectivity index (χ1v) is 12.8. The third kappa shape index (κ3) is 4.92. The number of fused-ring (bicyclic) bond motifs is 1. The van der Waals surface area contributed by atoms with Gasteiger partial charge in [0.25, 0.3) is 10.0 Å². The van der Waals surface area contributed by atoms with Crippen LogP contribution in [0.15, 0.2) is 23.1 Å². The molecule has 0 atom stereocenters. The number of sulfonamides is 1. The molecule has 0 spiro atoms. The van der Waals surface area contributed by atoms with Crippen LogP contribution in [0.25, 0.3) is 0 Å². The minimum Gasteiger partial charge on any atom is -0.335 e. The molecule has 31 heavy (non-hydrogen) atoms. The molecule has 1 saturated carbocycles. The maximum Gasteiger partial charge on any atom is 0.335 e. The highest BCUT2D eigenvalue weighted by Gasteiger charge is 2.38. The number of likely N-dealkylation sites (tertiary alicyclic amines) is 1. The molecule has 0 aromatic heterocycles. The molecule has 170 valence electrons. The van der Waals surface area contributed by atoms with Gasteiger partial charge in [-0.05, 0) is 49.8 Å². The molecule has 8 nitrogen and oxygen atoms in total. The lowest BCUT2D eigenvalue weighted by Crippen LogP contribution is -2.50. The highest BCUT2D eigenvalue weighted by atomic mass is 35.5. The Morgan fingerprint density at radius 1 is 1.10 bits per heavy atom. The van der Waals surface area contributed by atoms with Crippen LogP contribution in [0.3, 0.4) is 0 Å². The third-order valence-electron chi connectivity index (χ3n) is 6.49. The predicted octanol–water partition coefficient (Wildman–Crippen LogP) is 4.02. The average molecular weight is 469 g/mol. The number of carbonyl (C=O) groups is 2. The molecule has 0 bridgehead atoms. The standard InChI is InChI=1S/C21H29ClN4O4S/c22-16-7-8-18-19(13-16)31(29,30)26(21(28)24-18)14-15-9-11-25(12-10-15)20(27)23-17-5-3-1-2-4-6-17/h7-8,13,15,17H,1-6,9-12,14H2,(H,23,27)(H,24,28). The van der Waals surface area contributed by atoms with Crippen LogP contribution in [-0.2, 0) is 10.0 Å². The van der Waals surface area contributed by atoms with Crippen LogP contribution in [-0.4, -0.2) is 55.4 Å². The molecular weight excluding hydrogens is 440 g/mol. The van der Waals surface area contributed by atoms with Gasteiger partial charge in [-0.3, -0.25) is 0 Å². The Hall–Kier alpha value is -2.00. The fraction of sp³-hybridized carbons (Fsp3) is 0.619. The summed E-state index contributed by atoms with van der Waals surface area (Å²) in [6.45, 7) is 1.21.